The van der Waals surface area contributed by atoms with Gasteiger partial charge in [0.25, 0.3) is 0 Å². The van der Waals surface area contributed by atoms with E-state index < -0.39 is 0 Å². The lowest BCUT2D eigenvalue weighted by Gasteiger charge is -1.80. The van der Waals surface area contributed by atoms with Gasteiger partial charge in [-0.3, -0.25) is 4.79 Å². The van der Waals surface area contributed by atoms with Gasteiger partial charge in [0.15, 0.2) is 0 Å². The minimum absolute atomic E-state index is 0.245. The average Bonchev–Trinajstić information content (AvgIpc) is 1.91. The first-order valence-corrected chi connectivity index (χ1v) is 2.87. The van der Waals surface area contributed by atoms with Gasteiger partial charge in [-0.15, -0.1) is 0 Å². The van der Waals surface area contributed by atoms with Crippen molar-refractivity contribution in [1.82, 2.24) is 0 Å². The molecule has 0 rings (SSSR count). The molecule has 3 nitrogen and oxygen atoms in total. The van der Waals surface area contributed by atoms with E-state index in [0.717, 1.165) is 0 Å². The van der Waals surface area contributed by atoms with Gasteiger partial charge in [0.1, 0.15) is 0 Å². The van der Waals surface area contributed by atoms with Crippen LogP contribution in [0.1, 0.15) is 13.8 Å². The zero-order chi connectivity index (χ0) is 8.41. The highest BCUT2D eigenvalue weighted by Gasteiger charge is 1.75. The van der Waals surface area contributed by atoms with Gasteiger partial charge in [0, 0.05) is 6.92 Å². The first-order valence-electron chi connectivity index (χ1n) is 2.87. The fraction of sp³-hybridized carbons (Fsp3) is 0.571. The van der Waals surface area contributed by atoms with Gasteiger partial charge < -0.3 is 9.47 Å². The number of hydrogen-bond donors (Lipinski definition) is 0. The number of hydrogen-bond acceptors (Lipinski definition) is 3. The third kappa shape index (κ3) is 27.9. The lowest BCUT2D eigenvalue weighted by Crippen LogP contribution is -1.88. The Balaban J connectivity index is 0. The van der Waals surface area contributed by atoms with Crippen LogP contribution in [0.5, 0.6) is 0 Å². The van der Waals surface area contributed by atoms with Crippen molar-refractivity contribution in [2.24, 2.45) is 0 Å². The molecule has 60 valence electrons. The van der Waals surface area contributed by atoms with Crippen molar-refractivity contribution in [2.45, 2.75) is 13.8 Å². The highest BCUT2D eigenvalue weighted by Crippen LogP contribution is 1.64. The van der Waals surface area contributed by atoms with Crippen LogP contribution in [-0.4, -0.2) is 20.2 Å². The van der Waals surface area contributed by atoms with Crippen molar-refractivity contribution < 1.29 is 14.3 Å². The second-order valence-electron chi connectivity index (χ2n) is 1.40. The molecule has 0 fully saturated rings. The summed E-state index contributed by atoms with van der Waals surface area (Å²) in [6.45, 7) is 3.27. The number of rotatable bonds is 1. The maximum Gasteiger partial charge on any atom is 0.302 e. The van der Waals surface area contributed by atoms with Crippen molar-refractivity contribution in [3.05, 3.63) is 12.3 Å². The molecule has 0 unspecified atom stereocenters. The maximum atomic E-state index is 9.59. The third-order valence-electron chi connectivity index (χ3n) is 0.560. The molecule has 0 bridgehead atoms. The number of methoxy groups -OCH3 is 2. The predicted octanol–water partition coefficient (Wildman–Crippen LogP) is 1.35. The zero-order valence-corrected chi connectivity index (χ0v) is 6.88. The van der Waals surface area contributed by atoms with Crippen molar-refractivity contribution in [2.75, 3.05) is 14.2 Å². The summed E-state index contributed by atoms with van der Waals surface area (Å²) < 4.78 is 8.62. The lowest BCUT2D eigenvalue weighted by atomic mass is 10.7. The Morgan fingerprint density at radius 2 is 1.80 bits per heavy atom. The van der Waals surface area contributed by atoms with E-state index in [-0.39, 0.29) is 5.97 Å². The van der Waals surface area contributed by atoms with Gasteiger partial charge in [-0.05, 0) is 6.92 Å². The molecule has 0 N–H and O–H groups in total. The minimum atomic E-state index is -0.245. The Hall–Kier alpha value is -0.990. The summed E-state index contributed by atoms with van der Waals surface area (Å²) in [4.78, 5) is 9.59. The zero-order valence-electron chi connectivity index (χ0n) is 6.88. The Morgan fingerprint density at radius 3 is 1.80 bits per heavy atom. The molecule has 0 spiro atoms. The topological polar surface area (TPSA) is 35.5 Å². The Bertz CT molecular complexity index is 97.0. The molecular weight excluding hydrogens is 132 g/mol. The van der Waals surface area contributed by atoms with Crippen molar-refractivity contribution in [1.29, 1.82) is 0 Å². The molecule has 0 aromatic heterocycles. The van der Waals surface area contributed by atoms with E-state index in [2.05, 4.69) is 9.47 Å². The summed E-state index contributed by atoms with van der Waals surface area (Å²) in [6, 6.07) is 0. The first-order chi connectivity index (χ1) is 4.68. The van der Waals surface area contributed by atoms with E-state index in [1.165, 1.54) is 14.0 Å². The molecular formula is C7H14O3. The molecule has 0 radical (unpaired) electrons. The molecule has 0 amide bonds. The fourth-order valence-corrected chi connectivity index (χ4v) is 0.136. The highest BCUT2D eigenvalue weighted by molar-refractivity contribution is 5.65. The molecule has 0 saturated heterocycles. The Kier molecular flexibility index (Phi) is 12.8. The summed E-state index contributed by atoms with van der Waals surface area (Å²) in [5.74, 6) is -0.245. The van der Waals surface area contributed by atoms with Gasteiger partial charge in [-0.1, -0.05) is 6.08 Å². The highest BCUT2D eigenvalue weighted by atomic mass is 16.5. The molecule has 0 atom stereocenters. The largest absolute Gasteiger partial charge is 0.505 e. The lowest BCUT2D eigenvalue weighted by molar-refractivity contribution is -0.137. The van der Waals surface area contributed by atoms with E-state index in [1.807, 2.05) is 13.0 Å². The van der Waals surface area contributed by atoms with Crippen LogP contribution >= 0.6 is 0 Å². The number of carbonyl (C=O) groups is 1. The van der Waals surface area contributed by atoms with Gasteiger partial charge in [0.05, 0.1) is 20.5 Å². The van der Waals surface area contributed by atoms with Crippen LogP contribution in [0.3, 0.4) is 0 Å². The van der Waals surface area contributed by atoms with Crippen LogP contribution in [0, 0.1) is 0 Å². The molecule has 0 aliphatic carbocycles. The standard InChI is InChI=1S/C4H8O.C3H6O2/c1-3-4-5-2;1-3(4)5-2/h3-4H,1-2H3;1-2H3. The van der Waals surface area contributed by atoms with E-state index in [1.54, 1.807) is 13.4 Å². The van der Waals surface area contributed by atoms with E-state index in [4.69, 9.17) is 0 Å². The first kappa shape index (κ1) is 11.8. The molecule has 0 aromatic rings. The van der Waals surface area contributed by atoms with Gasteiger partial charge in [0.2, 0.25) is 0 Å². The third-order valence-corrected chi connectivity index (χ3v) is 0.560. The summed E-state index contributed by atoms with van der Waals surface area (Å²) in [7, 11) is 2.97. The summed E-state index contributed by atoms with van der Waals surface area (Å²) in [5.41, 5.74) is 0. The van der Waals surface area contributed by atoms with Crippen molar-refractivity contribution in [3.63, 3.8) is 0 Å². The van der Waals surface area contributed by atoms with E-state index >= 15 is 0 Å². The van der Waals surface area contributed by atoms with Crippen LogP contribution in [0.2, 0.25) is 0 Å². The number of allylic oxidation sites excluding steroid dienone is 1. The molecule has 0 aromatic carbocycles. The maximum absolute atomic E-state index is 9.59. The number of esters is 1. The summed E-state index contributed by atoms with van der Waals surface area (Å²) in [5, 5.41) is 0. The van der Waals surface area contributed by atoms with Crippen LogP contribution in [0.15, 0.2) is 12.3 Å². The Morgan fingerprint density at radius 1 is 1.40 bits per heavy atom. The molecule has 0 aliphatic rings. The van der Waals surface area contributed by atoms with Crippen molar-refractivity contribution >= 4 is 5.97 Å². The normalized spacial score (nSPS) is 8.00. The monoisotopic (exact) mass is 146 g/mol. The Labute approximate surface area is 61.6 Å². The van der Waals surface area contributed by atoms with Crippen LogP contribution in [-0.2, 0) is 14.3 Å². The van der Waals surface area contributed by atoms with Crippen LogP contribution < -0.4 is 0 Å². The predicted molar refractivity (Wildman–Crippen MR) is 39.5 cm³/mol. The molecule has 0 saturated carbocycles. The van der Waals surface area contributed by atoms with Crippen molar-refractivity contribution in [3.8, 4) is 0 Å². The summed E-state index contributed by atoms with van der Waals surface area (Å²) >= 11 is 0. The molecule has 10 heavy (non-hydrogen) atoms. The number of carbonyl (C=O) groups excluding carboxylic acids is 1. The van der Waals surface area contributed by atoms with Crippen LogP contribution in [0.4, 0.5) is 0 Å². The number of ether oxygens (including phenoxy) is 2. The van der Waals surface area contributed by atoms with Gasteiger partial charge in [-0.2, -0.15) is 0 Å². The fourth-order valence-electron chi connectivity index (χ4n) is 0.136. The smallest absolute Gasteiger partial charge is 0.302 e. The second kappa shape index (κ2) is 10.9. The molecule has 3 heteroatoms. The summed E-state index contributed by atoms with van der Waals surface area (Å²) in [6.07, 6.45) is 3.46. The quantitative estimate of drug-likeness (QED) is 0.413. The minimum Gasteiger partial charge on any atom is -0.505 e. The van der Waals surface area contributed by atoms with Gasteiger partial charge >= 0.3 is 5.97 Å². The SMILES string of the molecule is CC=COC.COC(C)=O. The van der Waals surface area contributed by atoms with Gasteiger partial charge in [-0.25, -0.2) is 0 Å². The average molecular weight is 146 g/mol. The van der Waals surface area contributed by atoms with Crippen LogP contribution in [0.25, 0.3) is 0 Å². The van der Waals surface area contributed by atoms with E-state index in [0.29, 0.717) is 0 Å². The second-order valence-corrected chi connectivity index (χ2v) is 1.40. The molecule has 0 aliphatic heterocycles. The van der Waals surface area contributed by atoms with E-state index in [9.17, 15) is 4.79 Å². The molecule has 0 heterocycles.